The van der Waals surface area contributed by atoms with Gasteiger partial charge in [0.15, 0.2) is 0 Å². The van der Waals surface area contributed by atoms with E-state index in [0.717, 1.165) is 5.56 Å². The SMILES string of the molecule is Cc1cc(C)cc(C(C)NCc2ccc([N+](=O)[O-])cc2)c1. The van der Waals surface area contributed by atoms with Gasteiger partial charge in [-0.2, -0.15) is 0 Å². The van der Waals surface area contributed by atoms with Crippen molar-refractivity contribution in [1.82, 2.24) is 5.32 Å². The first-order valence-corrected chi connectivity index (χ1v) is 7.00. The summed E-state index contributed by atoms with van der Waals surface area (Å²) >= 11 is 0. The van der Waals surface area contributed by atoms with Crippen LogP contribution in [0.1, 0.15) is 35.2 Å². The van der Waals surface area contributed by atoms with Crippen LogP contribution < -0.4 is 5.32 Å². The first kappa shape index (κ1) is 15.2. The summed E-state index contributed by atoms with van der Waals surface area (Å²) in [7, 11) is 0. The lowest BCUT2D eigenvalue weighted by molar-refractivity contribution is -0.384. The van der Waals surface area contributed by atoms with Gasteiger partial charge >= 0.3 is 0 Å². The minimum Gasteiger partial charge on any atom is -0.306 e. The quantitative estimate of drug-likeness (QED) is 0.665. The summed E-state index contributed by atoms with van der Waals surface area (Å²) < 4.78 is 0. The van der Waals surface area contributed by atoms with Crippen LogP contribution in [0.4, 0.5) is 5.69 Å². The molecule has 0 aromatic heterocycles. The average molecular weight is 284 g/mol. The molecule has 0 aliphatic heterocycles. The molecule has 1 N–H and O–H groups in total. The molecule has 0 amide bonds. The Morgan fingerprint density at radius 3 is 2.19 bits per heavy atom. The Morgan fingerprint density at radius 1 is 1.10 bits per heavy atom. The third kappa shape index (κ3) is 4.13. The monoisotopic (exact) mass is 284 g/mol. The van der Waals surface area contributed by atoms with Crippen LogP contribution in [0.3, 0.4) is 0 Å². The van der Waals surface area contributed by atoms with Crippen molar-refractivity contribution in [2.75, 3.05) is 0 Å². The molecule has 110 valence electrons. The molecule has 0 aliphatic rings. The van der Waals surface area contributed by atoms with Gasteiger partial charge in [-0.05, 0) is 31.9 Å². The second kappa shape index (κ2) is 6.50. The van der Waals surface area contributed by atoms with E-state index in [1.165, 1.54) is 16.7 Å². The van der Waals surface area contributed by atoms with E-state index >= 15 is 0 Å². The highest BCUT2D eigenvalue weighted by molar-refractivity contribution is 5.33. The number of non-ortho nitro benzene ring substituents is 1. The number of aryl methyl sites for hydroxylation is 2. The lowest BCUT2D eigenvalue weighted by Gasteiger charge is -2.16. The highest BCUT2D eigenvalue weighted by Crippen LogP contribution is 2.18. The van der Waals surface area contributed by atoms with Crippen molar-refractivity contribution < 1.29 is 4.92 Å². The Balaban J connectivity index is 2.00. The normalized spacial score (nSPS) is 12.1. The van der Waals surface area contributed by atoms with E-state index < -0.39 is 0 Å². The zero-order valence-electron chi connectivity index (χ0n) is 12.6. The molecule has 0 heterocycles. The van der Waals surface area contributed by atoms with Gasteiger partial charge < -0.3 is 5.32 Å². The molecule has 2 aromatic rings. The van der Waals surface area contributed by atoms with Gasteiger partial charge in [-0.3, -0.25) is 10.1 Å². The van der Waals surface area contributed by atoms with E-state index in [9.17, 15) is 10.1 Å². The zero-order chi connectivity index (χ0) is 15.4. The van der Waals surface area contributed by atoms with Gasteiger partial charge in [-0.25, -0.2) is 0 Å². The minimum atomic E-state index is -0.380. The fourth-order valence-corrected chi connectivity index (χ4v) is 2.38. The standard InChI is InChI=1S/C17H20N2O2/c1-12-8-13(2)10-16(9-12)14(3)18-11-15-4-6-17(7-5-15)19(20)21/h4-10,14,18H,11H2,1-3H3. The molecule has 2 aromatic carbocycles. The molecular weight excluding hydrogens is 264 g/mol. The Morgan fingerprint density at radius 2 is 1.67 bits per heavy atom. The van der Waals surface area contributed by atoms with E-state index in [1.54, 1.807) is 24.3 Å². The molecular formula is C17H20N2O2. The highest BCUT2D eigenvalue weighted by atomic mass is 16.6. The van der Waals surface area contributed by atoms with Crippen LogP contribution in [0.25, 0.3) is 0 Å². The van der Waals surface area contributed by atoms with Crippen molar-refractivity contribution in [3.63, 3.8) is 0 Å². The number of nitrogens with one attached hydrogen (secondary N) is 1. The molecule has 0 saturated carbocycles. The molecule has 0 saturated heterocycles. The highest BCUT2D eigenvalue weighted by Gasteiger charge is 2.07. The molecule has 0 fully saturated rings. The van der Waals surface area contributed by atoms with Gasteiger partial charge in [0.2, 0.25) is 0 Å². The summed E-state index contributed by atoms with van der Waals surface area (Å²) in [4.78, 5) is 10.2. The lowest BCUT2D eigenvalue weighted by Crippen LogP contribution is -2.18. The van der Waals surface area contributed by atoms with Gasteiger partial charge in [0.25, 0.3) is 5.69 Å². The summed E-state index contributed by atoms with van der Waals surface area (Å²) in [5, 5.41) is 14.1. The summed E-state index contributed by atoms with van der Waals surface area (Å²) in [6, 6.07) is 13.4. The smallest absolute Gasteiger partial charge is 0.269 e. The molecule has 1 unspecified atom stereocenters. The van der Waals surface area contributed by atoms with Crippen LogP contribution in [0.2, 0.25) is 0 Å². The van der Waals surface area contributed by atoms with E-state index in [-0.39, 0.29) is 16.7 Å². The Hall–Kier alpha value is -2.20. The van der Waals surface area contributed by atoms with Gasteiger partial charge in [0, 0.05) is 24.7 Å². The van der Waals surface area contributed by atoms with Crippen LogP contribution in [0.5, 0.6) is 0 Å². The summed E-state index contributed by atoms with van der Waals surface area (Å²) in [5.74, 6) is 0. The van der Waals surface area contributed by atoms with Crippen LogP contribution >= 0.6 is 0 Å². The predicted octanol–water partition coefficient (Wildman–Crippen LogP) is 4.06. The number of hydrogen-bond acceptors (Lipinski definition) is 3. The van der Waals surface area contributed by atoms with Crippen molar-refractivity contribution >= 4 is 5.69 Å². The van der Waals surface area contributed by atoms with Crippen LogP contribution in [-0.2, 0) is 6.54 Å². The largest absolute Gasteiger partial charge is 0.306 e. The average Bonchev–Trinajstić information content (AvgIpc) is 2.44. The third-order valence-corrected chi connectivity index (χ3v) is 3.50. The number of rotatable bonds is 5. The Bertz CT molecular complexity index is 615. The molecule has 2 rings (SSSR count). The van der Waals surface area contributed by atoms with Gasteiger partial charge in [-0.1, -0.05) is 41.5 Å². The maximum Gasteiger partial charge on any atom is 0.269 e. The van der Waals surface area contributed by atoms with Crippen LogP contribution in [0, 0.1) is 24.0 Å². The maximum atomic E-state index is 10.6. The summed E-state index contributed by atoms with van der Waals surface area (Å²) in [6.07, 6.45) is 0. The van der Waals surface area contributed by atoms with E-state index in [2.05, 4.69) is 44.3 Å². The van der Waals surface area contributed by atoms with Crippen molar-refractivity contribution in [3.05, 3.63) is 74.8 Å². The summed E-state index contributed by atoms with van der Waals surface area (Å²) in [6.45, 7) is 7.00. The topological polar surface area (TPSA) is 55.2 Å². The lowest BCUT2D eigenvalue weighted by atomic mass is 10.0. The number of nitrogens with zero attached hydrogens (tertiary/aromatic N) is 1. The third-order valence-electron chi connectivity index (χ3n) is 3.50. The molecule has 21 heavy (non-hydrogen) atoms. The van der Waals surface area contributed by atoms with Gasteiger partial charge in [0.1, 0.15) is 0 Å². The van der Waals surface area contributed by atoms with Crippen LogP contribution in [-0.4, -0.2) is 4.92 Å². The van der Waals surface area contributed by atoms with E-state index in [4.69, 9.17) is 0 Å². The minimum absolute atomic E-state index is 0.126. The van der Waals surface area contributed by atoms with E-state index in [1.807, 2.05) is 0 Å². The van der Waals surface area contributed by atoms with Gasteiger partial charge in [-0.15, -0.1) is 0 Å². The second-order valence-electron chi connectivity index (χ2n) is 5.45. The molecule has 0 spiro atoms. The molecule has 4 nitrogen and oxygen atoms in total. The molecule has 0 aliphatic carbocycles. The first-order chi connectivity index (χ1) is 9.95. The fraction of sp³-hybridized carbons (Fsp3) is 0.294. The molecule has 1 atom stereocenters. The molecule has 0 radical (unpaired) electrons. The van der Waals surface area contributed by atoms with Crippen molar-refractivity contribution in [3.8, 4) is 0 Å². The van der Waals surface area contributed by atoms with Crippen molar-refractivity contribution in [1.29, 1.82) is 0 Å². The number of benzene rings is 2. The van der Waals surface area contributed by atoms with Crippen LogP contribution in [0.15, 0.2) is 42.5 Å². The maximum absolute atomic E-state index is 10.6. The zero-order valence-corrected chi connectivity index (χ0v) is 12.6. The van der Waals surface area contributed by atoms with E-state index in [0.29, 0.717) is 6.54 Å². The van der Waals surface area contributed by atoms with Gasteiger partial charge in [0.05, 0.1) is 4.92 Å². The van der Waals surface area contributed by atoms with Crippen molar-refractivity contribution in [2.24, 2.45) is 0 Å². The number of nitro groups is 1. The number of hydrogen-bond donors (Lipinski definition) is 1. The van der Waals surface area contributed by atoms with Crippen molar-refractivity contribution in [2.45, 2.75) is 33.4 Å². The number of nitro benzene ring substituents is 1. The second-order valence-corrected chi connectivity index (χ2v) is 5.45. The molecule has 0 bridgehead atoms. The Labute approximate surface area is 125 Å². The fourth-order valence-electron chi connectivity index (χ4n) is 2.38. The Kier molecular flexibility index (Phi) is 4.70. The predicted molar refractivity (Wildman–Crippen MR) is 84.3 cm³/mol. The summed E-state index contributed by atoms with van der Waals surface area (Å²) in [5.41, 5.74) is 4.94. The first-order valence-electron chi connectivity index (χ1n) is 7.00. The molecule has 4 heteroatoms.